The van der Waals surface area contributed by atoms with Crippen LogP contribution >= 0.6 is 34.8 Å². The van der Waals surface area contributed by atoms with Gasteiger partial charge in [0.05, 0.1) is 5.02 Å². The molecular weight excluding hydrogens is 533 g/mol. The third-order valence-electron chi connectivity index (χ3n) is 6.66. The second kappa shape index (κ2) is 11.2. The summed E-state index contributed by atoms with van der Waals surface area (Å²) in [6.45, 7) is 4.35. The molecule has 0 atom stereocenters. The van der Waals surface area contributed by atoms with E-state index in [2.05, 4.69) is 9.62 Å². The van der Waals surface area contributed by atoms with E-state index in [1.165, 1.54) is 16.4 Å². The van der Waals surface area contributed by atoms with Gasteiger partial charge in [-0.2, -0.15) is 12.7 Å². The number of carbonyl (C=O) groups is 1. The summed E-state index contributed by atoms with van der Waals surface area (Å²) in [6, 6.07) is 10.0. The van der Waals surface area contributed by atoms with Gasteiger partial charge < -0.3 is 9.64 Å². The van der Waals surface area contributed by atoms with Crippen LogP contribution < -0.4 is 9.46 Å². The molecule has 35 heavy (non-hydrogen) atoms. The van der Waals surface area contributed by atoms with Crippen LogP contribution in [0.5, 0.6) is 5.75 Å². The number of halogens is 3. The number of hydrogen-bond acceptors (Lipinski definition) is 5. The Hall–Kier alpha value is -1.55. The molecule has 0 unspecified atom stereocenters. The highest BCUT2D eigenvalue weighted by molar-refractivity contribution is 7.87. The van der Waals surface area contributed by atoms with E-state index < -0.39 is 16.1 Å². The van der Waals surface area contributed by atoms with Gasteiger partial charge >= 0.3 is 10.2 Å². The predicted octanol–water partition coefficient (Wildman–Crippen LogP) is 4.94. The SMILES string of the molecule is Cc1c(Cl)ccc(OC2CCN(C3CCN(S(=O)(=O)NC(=O)c4ccc(Cl)cc4)CC3)CC2)c1Cl. The lowest BCUT2D eigenvalue weighted by atomic mass is 10.00. The van der Waals surface area contributed by atoms with E-state index in [9.17, 15) is 13.2 Å². The van der Waals surface area contributed by atoms with Crippen molar-refractivity contribution in [3.63, 3.8) is 0 Å². The molecule has 1 N–H and O–H groups in total. The molecule has 2 aromatic carbocycles. The molecular formula is C24H28Cl3N3O4S. The Kier molecular flexibility index (Phi) is 8.51. The van der Waals surface area contributed by atoms with E-state index in [-0.39, 0.29) is 11.7 Å². The molecule has 0 radical (unpaired) electrons. The Morgan fingerprint density at radius 1 is 0.943 bits per heavy atom. The van der Waals surface area contributed by atoms with E-state index >= 15 is 0 Å². The molecule has 4 rings (SSSR count). The Labute approximate surface area is 221 Å². The first-order valence-electron chi connectivity index (χ1n) is 11.6. The van der Waals surface area contributed by atoms with Crippen LogP contribution in [0.3, 0.4) is 0 Å². The average Bonchev–Trinajstić information content (AvgIpc) is 2.85. The zero-order valence-electron chi connectivity index (χ0n) is 19.3. The zero-order chi connectivity index (χ0) is 25.2. The maximum Gasteiger partial charge on any atom is 0.304 e. The molecule has 2 heterocycles. The fraction of sp³-hybridized carbons (Fsp3) is 0.458. The van der Waals surface area contributed by atoms with Crippen LogP contribution in [0.2, 0.25) is 15.1 Å². The molecule has 7 nitrogen and oxygen atoms in total. The van der Waals surface area contributed by atoms with E-state index in [4.69, 9.17) is 39.5 Å². The monoisotopic (exact) mass is 559 g/mol. The number of nitrogens with one attached hydrogen (secondary N) is 1. The molecule has 2 aromatic rings. The van der Waals surface area contributed by atoms with Crippen LogP contribution in [-0.4, -0.2) is 61.9 Å². The lowest BCUT2D eigenvalue weighted by Crippen LogP contribution is -2.52. The Morgan fingerprint density at radius 3 is 2.20 bits per heavy atom. The van der Waals surface area contributed by atoms with Gasteiger partial charge in [0.2, 0.25) is 0 Å². The lowest BCUT2D eigenvalue weighted by Gasteiger charge is -2.41. The summed E-state index contributed by atoms with van der Waals surface area (Å²) < 4.78 is 35.1. The average molecular weight is 561 g/mol. The van der Waals surface area contributed by atoms with Gasteiger partial charge in [-0.3, -0.25) is 4.79 Å². The summed E-state index contributed by atoms with van der Waals surface area (Å²) in [5.41, 5.74) is 1.06. The summed E-state index contributed by atoms with van der Waals surface area (Å²) in [4.78, 5) is 14.8. The first-order chi connectivity index (χ1) is 16.6. The van der Waals surface area contributed by atoms with Crippen molar-refractivity contribution in [1.82, 2.24) is 13.9 Å². The fourth-order valence-corrected chi connectivity index (χ4v) is 6.27. The Bertz CT molecular complexity index is 1160. The van der Waals surface area contributed by atoms with Gasteiger partial charge in [-0.25, -0.2) is 4.72 Å². The number of ether oxygens (including phenoxy) is 1. The summed E-state index contributed by atoms with van der Waals surface area (Å²) in [7, 11) is -3.91. The van der Waals surface area contributed by atoms with E-state index in [1.807, 2.05) is 13.0 Å². The molecule has 2 saturated heterocycles. The number of piperidine rings is 2. The van der Waals surface area contributed by atoms with Gasteiger partial charge in [0.1, 0.15) is 11.9 Å². The minimum Gasteiger partial charge on any atom is -0.489 e. The Balaban J connectivity index is 1.25. The number of amides is 1. The molecule has 0 aromatic heterocycles. The number of benzene rings is 2. The number of likely N-dealkylation sites (tertiary alicyclic amines) is 1. The maximum absolute atomic E-state index is 12.7. The van der Waals surface area contributed by atoms with Crippen LogP contribution in [0.1, 0.15) is 41.6 Å². The first kappa shape index (κ1) is 26.5. The third-order valence-corrected chi connectivity index (χ3v) is 9.28. The van der Waals surface area contributed by atoms with Crippen molar-refractivity contribution >= 4 is 50.9 Å². The molecule has 0 aliphatic carbocycles. The minimum absolute atomic E-state index is 0.0767. The molecule has 0 saturated carbocycles. The van der Waals surface area contributed by atoms with Crippen molar-refractivity contribution in [2.24, 2.45) is 0 Å². The summed E-state index contributed by atoms with van der Waals surface area (Å²) in [5.74, 6) is -0.00646. The third kappa shape index (κ3) is 6.42. The predicted molar refractivity (Wildman–Crippen MR) is 139 cm³/mol. The highest BCUT2D eigenvalue weighted by Crippen LogP contribution is 2.34. The van der Waals surface area contributed by atoms with Crippen molar-refractivity contribution in [3.05, 3.63) is 62.6 Å². The van der Waals surface area contributed by atoms with Crippen molar-refractivity contribution in [2.75, 3.05) is 26.2 Å². The molecule has 2 aliphatic rings. The van der Waals surface area contributed by atoms with Crippen LogP contribution in [0.4, 0.5) is 0 Å². The smallest absolute Gasteiger partial charge is 0.304 e. The second-order valence-corrected chi connectivity index (χ2v) is 11.8. The van der Waals surface area contributed by atoms with Crippen LogP contribution in [0.15, 0.2) is 36.4 Å². The van der Waals surface area contributed by atoms with E-state index in [1.54, 1.807) is 18.2 Å². The molecule has 2 fully saturated rings. The molecule has 1 amide bonds. The molecule has 11 heteroatoms. The van der Waals surface area contributed by atoms with Crippen LogP contribution in [0, 0.1) is 6.92 Å². The molecule has 2 aliphatic heterocycles. The van der Waals surface area contributed by atoms with Gasteiger partial charge in [-0.15, -0.1) is 0 Å². The quantitative estimate of drug-likeness (QED) is 0.542. The zero-order valence-corrected chi connectivity index (χ0v) is 22.4. The second-order valence-electron chi connectivity index (χ2n) is 8.91. The molecule has 190 valence electrons. The van der Waals surface area contributed by atoms with Gasteiger partial charge in [-0.05, 0) is 74.6 Å². The summed E-state index contributed by atoms with van der Waals surface area (Å²) in [5, 5.41) is 1.65. The van der Waals surface area contributed by atoms with Crippen molar-refractivity contribution in [2.45, 2.75) is 44.8 Å². The number of hydrogen-bond donors (Lipinski definition) is 1. The molecule has 0 spiro atoms. The lowest BCUT2D eigenvalue weighted by molar-refractivity contribution is 0.0584. The van der Waals surface area contributed by atoms with Gasteiger partial charge in [-0.1, -0.05) is 34.8 Å². The Morgan fingerprint density at radius 2 is 1.57 bits per heavy atom. The van der Waals surface area contributed by atoms with Crippen LogP contribution in [0.25, 0.3) is 0 Å². The van der Waals surface area contributed by atoms with Crippen molar-refractivity contribution < 1.29 is 17.9 Å². The van der Waals surface area contributed by atoms with Crippen molar-refractivity contribution in [1.29, 1.82) is 0 Å². The van der Waals surface area contributed by atoms with Gasteiger partial charge in [0.25, 0.3) is 5.91 Å². The van der Waals surface area contributed by atoms with E-state index in [0.717, 1.165) is 31.5 Å². The topological polar surface area (TPSA) is 79.0 Å². The highest BCUT2D eigenvalue weighted by Gasteiger charge is 2.33. The highest BCUT2D eigenvalue weighted by atomic mass is 35.5. The largest absolute Gasteiger partial charge is 0.489 e. The van der Waals surface area contributed by atoms with Gasteiger partial charge in [0, 0.05) is 47.8 Å². The summed E-state index contributed by atoms with van der Waals surface area (Å²) in [6.07, 6.45) is 3.24. The van der Waals surface area contributed by atoms with Gasteiger partial charge in [0.15, 0.2) is 0 Å². The molecule has 0 bridgehead atoms. The van der Waals surface area contributed by atoms with Crippen LogP contribution in [-0.2, 0) is 10.2 Å². The number of nitrogens with zero attached hydrogens (tertiary/aromatic N) is 2. The van der Waals surface area contributed by atoms with E-state index in [0.29, 0.717) is 52.8 Å². The first-order valence-corrected chi connectivity index (χ1v) is 14.1. The standard InChI is InChI=1S/C24H28Cl3N3O4S/c1-16-21(26)6-7-22(23(16)27)34-20-10-12-29(13-11-20)19-8-14-30(15-9-19)35(32,33)28-24(31)17-2-4-18(25)5-3-17/h2-7,19-20H,8-15H2,1H3,(H,28,31). The maximum atomic E-state index is 12.7. The minimum atomic E-state index is -3.91. The summed E-state index contributed by atoms with van der Waals surface area (Å²) >= 11 is 18.3. The van der Waals surface area contributed by atoms with Crippen molar-refractivity contribution in [3.8, 4) is 5.75 Å². The normalized spacial score (nSPS) is 19.0. The number of carbonyl (C=O) groups excluding carboxylic acids is 1. The number of rotatable bonds is 6. The fourth-order valence-electron chi connectivity index (χ4n) is 4.56.